The molecule has 1 aromatic heterocycles. The summed E-state index contributed by atoms with van der Waals surface area (Å²) in [4.78, 5) is 32.0. The first-order valence-corrected chi connectivity index (χ1v) is 4.25. The number of amides is 1. The summed E-state index contributed by atoms with van der Waals surface area (Å²) in [7, 11) is 0. The van der Waals surface area contributed by atoms with E-state index in [2.05, 4.69) is 0 Å². The van der Waals surface area contributed by atoms with Crippen LogP contribution in [-0.4, -0.2) is 23.9 Å². The Labute approximate surface area is 89.7 Å². The number of hydrogen-bond donors (Lipinski definition) is 1. The molecule has 0 aliphatic carbocycles. The number of aliphatic carboxylic acids is 2. The quantitative estimate of drug-likeness (QED) is 0.580. The van der Waals surface area contributed by atoms with Gasteiger partial charge >= 0.3 is 0 Å². The smallest absolute Gasteiger partial charge is 0.287 e. The molecule has 0 saturated heterocycles. The molecule has 1 rings (SSSR count). The van der Waals surface area contributed by atoms with E-state index in [4.69, 9.17) is 4.42 Å². The molecule has 1 heterocycles. The van der Waals surface area contributed by atoms with Gasteiger partial charge in [-0.25, -0.2) is 0 Å². The lowest BCUT2D eigenvalue weighted by Crippen LogP contribution is -2.50. The van der Waals surface area contributed by atoms with Crippen molar-refractivity contribution in [2.45, 2.75) is 12.5 Å². The molecule has 0 fully saturated rings. The highest BCUT2D eigenvalue weighted by atomic mass is 16.4. The molecule has 86 valence electrons. The molecule has 7 heteroatoms. The molecule has 1 aromatic rings. The molecule has 1 N–H and O–H groups in total. The monoisotopic (exact) mass is 225 g/mol. The molecule has 1 atom stereocenters. The molecule has 0 spiro atoms. The third kappa shape index (κ3) is 3.12. The molecule has 0 radical (unpaired) electrons. The summed E-state index contributed by atoms with van der Waals surface area (Å²) in [6.07, 6.45) is 0.358. The van der Waals surface area contributed by atoms with E-state index < -0.39 is 30.3 Å². The van der Waals surface area contributed by atoms with Gasteiger partial charge in [0.15, 0.2) is 5.76 Å². The summed E-state index contributed by atoms with van der Waals surface area (Å²) >= 11 is 0. The molecular formula is C9H7NO6-2. The van der Waals surface area contributed by atoms with Gasteiger partial charge in [-0.15, -0.1) is 0 Å². The fourth-order valence-electron chi connectivity index (χ4n) is 0.997. The Morgan fingerprint density at radius 3 is 2.50 bits per heavy atom. The second-order valence-electron chi connectivity index (χ2n) is 2.90. The fraction of sp³-hybridized carbons (Fsp3) is 0.222. The zero-order valence-corrected chi connectivity index (χ0v) is 7.97. The van der Waals surface area contributed by atoms with E-state index in [1.54, 1.807) is 0 Å². The van der Waals surface area contributed by atoms with Crippen molar-refractivity contribution in [3.8, 4) is 0 Å². The van der Waals surface area contributed by atoms with Crippen molar-refractivity contribution in [1.29, 1.82) is 0 Å². The second-order valence-corrected chi connectivity index (χ2v) is 2.90. The van der Waals surface area contributed by atoms with Crippen LogP contribution in [0.4, 0.5) is 0 Å². The Hall–Kier alpha value is -2.31. The number of carbonyl (C=O) groups excluding carboxylic acids is 3. The Morgan fingerprint density at radius 2 is 2.06 bits per heavy atom. The minimum Gasteiger partial charge on any atom is -0.550 e. The standard InChI is InChI=1S/C9H9NO6/c11-7(12)4-5(9(14)15)10-8(13)6-2-1-3-16-6/h1-3,5H,4H2,(H,10,13)(H,11,12)(H,14,15)/p-2/t5-/m0/s1. The van der Waals surface area contributed by atoms with E-state index in [1.807, 2.05) is 5.32 Å². The lowest BCUT2D eigenvalue weighted by atomic mass is 10.2. The third-order valence-corrected chi connectivity index (χ3v) is 1.71. The summed E-state index contributed by atoms with van der Waals surface area (Å²) in [5.74, 6) is -4.26. The second kappa shape index (κ2) is 4.96. The SMILES string of the molecule is O=C([O-])C[C@H](NC(=O)c1ccco1)C(=O)[O-]. The molecule has 0 bridgehead atoms. The van der Waals surface area contributed by atoms with Gasteiger partial charge in [-0.2, -0.15) is 0 Å². The predicted octanol–water partition coefficient (Wildman–Crippen LogP) is -2.73. The molecule has 1 amide bonds. The normalized spacial score (nSPS) is 11.8. The van der Waals surface area contributed by atoms with Gasteiger partial charge in [0.05, 0.1) is 18.3 Å². The molecule has 0 aromatic carbocycles. The van der Waals surface area contributed by atoms with Gasteiger partial charge in [-0.3, -0.25) is 4.79 Å². The number of carboxylic acid groups (broad SMARTS) is 2. The minimum absolute atomic E-state index is 0.121. The maximum atomic E-state index is 11.3. The van der Waals surface area contributed by atoms with Crippen molar-refractivity contribution >= 4 is 17.8 Å². The van der Waals surface area contributed by atoms with Gasteiger partial charge in [0.25, 0.3) is 5.91 Å². The minimum atomic E-state index is -1.70. The van der Waals surface area contributed by atoms with Crippen molar-refractivity contribution in [2.24, 2.45) is 0 Å². The maximum absolute atomic E-state index is 11.3. The van der Waals surface area contributed by atoms with Gasteiger partial charge in [-0.1, -0.05) is 0 Å². The average Bonchev–Trinajstić information content (AvgIpc) is 2.68. The number of nitrogens with one attached hydrogen (secondary N) is 1. The Kier molecular flexibility index (Phi) is 3.65. The van der Waals surface area contributed by atoms with Crippen LogP contribution >= 0.6 is 0 Å². The highest BCUT2D eigenvalue weighted by Gasteiger charge is 2.16. The van der Waals surface area contributed by atoms with Gasteiger partial charge in [0.2, 0.25) is 0 Å². The number of carboxylic acids is 2. The highest BCUT2D eigenvalue weighted by Crippen LogP contribution is 2.01. The average molecular weight is 225 g/mol. The molecule has 0 aliphatic rings. The topological polar surface area (TPSA) is 122 Å². The van der Waals surface area contributed by atoms with E-state index in [-0.39, 0.29) is 5.76 Å². The number of carbonyl (C=O) groups is 3. The Bertz CT molecular complexity index is 396. The zero-order valence-electron chi connectivity index (χ0n) is 7.97. The molecule has 7 nitrogen and oxygen atoms in total. The van der Waals surface area contributed by atoms with E-state index in [0.717, 1.165) is 0 Å². The zero-order chi connectivity index (χ0) is 12.1. The van der Waals surface area contributed by atoms with Crippen LogP contribution < -0.4 is 15.5 Å². The molecule has 0 aliphatic heterocycles. The fourth-order valence-corrected chi connectivity index (χ4v) is 0.997. The lowest BCUT2D eigenvalue weighted by Gasteiger charge is -2.19. The van der Waals surface area contributed by atoms with Crippen molar-refractivity contribution < 1.29 is 29.0 Å². The van der Waals surface area contributed by atoms with Crippen molar-refractivity contribution in [3.05, 3.63) is 24.2 Å². The van der Waals surface area contributed by atoms with E-state index in [9.17, 15) is 24.6 Å². The number of hydrogen-bond acceptors (Lipinski definition) is 6. The van der Waals surface area contributed by atoms with Crippen LogP contribution in [0.15, 0.2) is 22.8 Å². The van der Waals surface area contributed by atoms with Crippen LogP contribution in [0.5, 0.6) is 0 Å². The molecule has 16 heavy (non-hydrogen) atoms. The van der Waals surface area contributed by atoms with E-state index in [0.29, 0.717) is 0 Å². The summed E-state index contributed by atoms with van der Waals surface area (Å²) in [5, 5.41) is 22.6. The van der Waals surface area contributed by atoms with Gasteiger partial charge in [0, 0.05) is 12.4 Å². The van der Waals surface area contributed by atoms with Gasteiger partial charge in [0.1, 0.15) is 0 Å². The molecule has 0 saturated carbocycles. The van der Waals surface area contributed by atoms with Crippen LogP contribution in [0.1, 0.15) is 17.0 Å². The van der Waals surface area contributed by atoms with Gasteiger partial charge < -0.3 is 29.5 Å². The van der Waals surface area contributed by atoms with E-state index in [1.165, 1.54) is 18.4 Å². The van der Waals surface area contributed by atoms with Crippen molar-refractivity contribution in [3.63, 3.8) is 0 Å². The van der Waals surface area contributed by atoms with Crippen LogP contribution in [0.25, 0.3) is 0 Å². The molecular weight excluding hydrogens is 218 g/mol. The summed E-state index contributed by atoms with van der Waals surface area (Å²) in [6.45, 7) is 0. The lowest BCUT2D eigenvalue weighted by molar-refractivity contribution is -0.317. The van der Waals surface area contributed by atoms with Crippen LogP contribution in [0, 0.1) is 0 Å². The first-order valence-electron chi connectivity index (χ1n) is 4.25. The summed E-state index contributed by atoms with van der Waals surface area (Å²) < 4.78 is 4.69. The third-order valence-electron chi connectivity index (χ3n) is 1.71. The van der Waals surface area contributed by atoms with Crippen LogP contribution in [-0.2, 0) is 9.59 Å². The van der Waals surface area contributed by atoms with Gasteiger partial charge in [-0.05, 0) is 12.1 Å². The number of rotatable bonds is 5. The van der Waals surface area contributed by atoms with Crippen LogP contribution in [0.3, 0.4) is 0 Å². The predicted molar refractivity (Wildman–Crippen MR) is 44.6 cm³/mol. The summed E-state index contributed by atoms with van der Waals surface area (Å²) in [6, 6.07) is 1.09. The Morgan fingerprint density at radius 1 is 1.38 bits per heavy atom. The largest absolute Gasteiger partial charge is 0.550 e. The highest BCUT2D eigenvalue weighted by molar-refractivity contribution is 5.94. The van der Waals surface area contributed by atoms with Crippen molar-refractivity contribution in [2.75, 3.05) is 0 Å². The number of furan rings is 1. The summed E-state index contributed by atoms with van der Waals surface area (Å²) in [5.41, 5.74) is 0. The van der Waals surface area contributed by atoms with E-state index >= 15 is 0 Å². The van der Waals surface area contributed by atoms with Crippen LogP contribution in [0.2, 0.25) is 0 Å². The van der Waals surface area contributed by atoms with Crippen molar-refractivity contribution in [1.82, 2.24) is 5.32 Å². The first kappa shape index (κ1) is 11.8. The first-order chi connectivity index (χ1) is 7.50. The Balaban J connectivity index is 2.65. The molecule has 0 unspecified atom stereocenters. The maximum Gasteiger partial charge on any atom is 0.287 e.